The number of benzene rings is 3. The molecule has 3 aromatic carbocycles. The quantitative estimate of drug-likeness (QED) is 0.231. The van der Waals surface area contributed by atoms with Crippen molar-refractivity contribution in [1.82, 2.24) is 10.2 Å². The zero-order valence-corrected chi connectivity index (χ0v) is 29.1. The first kappa shape index (κ1) is 33.5. The van der Waals surface area contributed by atoms with Gasteiger partial charge in [0, 0.05) is 24.0 Å². The summed E-state index contributed by atoms with van der Waals surface area (Å²) in [4.78, 5) is 29.6. The van der Waals surface area contributed by atoms with Gasteiger partial charge in [-0.2, -0.15) is 0 Å². The lowest BCUT2D eigenvalue weighted by Crippen LogP contribution is -2.54. The molecule has 0 saturated heterocycles. The lowest BCUT2D eigenvalue weighted by Gasteiger charge is -2.57. The molecule has 4 aliphatic carbocycles. The maximum absolute atomic E-state index is 14.4. The predicted molar refractivity (Wildman–Crippen MR) is 188 cm³/mol. The summed E-state index contributed by atoms with van der Waals surface area (Å²) in [5, 5.41) is 3.44. The fourth-order valence-electron chi connectivity index (χ4n) is 8.80. The van der Waals surface area contributed by atoms with Crippen LogP contribution >= 0.6 is 11.6 Å². The minimum atomic E-state index is -3.85. The number of halogens is 1. The smallest absolute Gasteiger partial charge is 0.244 e. The van der Waals surface area contributed by atoms with E-state index in [0.717, 1.165) is 29.6 Å². The van der Waals surface area contributed by atoms with Gasteiger partial charge in [-0.25, -0.2) is 8.42 Å². The molecule has 0 radical (unpaired) electrons. The van der Waals surface area contributed by atoms with Gasteiger partial charge in [-0.05, 0) is 110 Å². The first-order valence-electron chi connectivity index (χ1n) is 16.9. The summed E-state index contributed by atoms with van der Waals surface area (Å²) in [7, 11) is -3.85. The average molecular weight is 676 g/mol. The molecule has 250 valence electrons. The Balaban J connectivity index is 1.31. The maximum Gasteiger partial charge on any atom is 0.244 e. The van der Waals surface area contributed by atoms with Crippen LogP contribution in [0.25, 0.3) is 0 Å². The Hall–Kier alpha value is -3.36. The van der Waals surface area contributed by atoms with Gasteiger partial charge in [0.25, 0.3) is 0 Å². The molecule has 1 N–H and O–H groups in total. The Kier molecular flexibility index (Phi) is 9.73. The molecule has 7 nitrogen and oxygen atoms in total. The van der Waals surface area contributed by atoms with Gasteiger partial charge in [0.2, 0.25) is 21.8 Å². The van der Waals surface area contributed by atoms with Crippen molar-refractivity contribution in [2.45, 2.75) is 82.8 Å². The molecule has 4 saturated carbocycles. The first-order valence-corrected chi connectivity index (χ1v) is 19.1. The van der Waals surface area contributed by atoms with E-state index in [1.807, 2.05) is 74.5 Å². The molecular weight excluding hydrogens is 630 g/mol. The molecule has 4 aliphatic rings. The van der Waals surface area contributed by atoms with Crippen LogP contribution in [0.1, 0.15) is 69.1 Å². The molecule has 0 aliphatic heterocycles. The van der Waals surface area contributed by atoms with Crippen LogP contribution in [0.15, 0.2) is 78.9 Å². The molecule has 0 aromatic heterocycles. The standard InChI is InChI=1S/C38H46ClN3O4S/c1-26(2)40-37(44)35(20-27-9-5-4-6-10-27)41(24-31-11-7-8-12-34(31)39)36(43)25-42(47(3,45)46)33-15-13-32(14-16-33)38-21-28-17-29(22-38)19-30(18-28)23-38/h4-16,26,28-30,35H,17-25H2,1-3H3,(H,40,44)/t28?,29?,30?,35-,38?/m1/s1. The van der Waals surface area contributed by atoms with Crippen LogP contribution in [0, 0.1) is 17.8 Å². The second-order valence-corrected chi connectivity index (χ2v) is 16.8. The summed E-state index contributed by atoms with van der Waals surface area (Å²) < 4.78 is 27.8. The van der Waals surface area contributed by atoms with E-state index in [9.17, 15) is 18.0 Å². The number of sulfonamides is 1. The van der Waals surface area contributed by atoms with Crippen LogP contribution < -0.4 is 9.62 Å². The maximum atomic E-state index is 14.4. The zero-order valence-electron chi connectivity index (χ0n) is 27.6. The lowest BCUT2D eigenvalue weighted by molar-refractivity contribution is -0.140. The van der Waals surface area contributed by atoms with Crippen LogP contribution in [0.4, 0.5) is 5.69 Å². The number of hydrogen-bond acceptors (Lipinski definition) is 4. The summed E-state index contributed by atoms with van der Waals surface area (Å²) in [6.07, 6.45) is 9.08. The molecule has 9 heteroatoms. The zero-order chi connectivity index (χ0) is 33.3. The Morgan fingerprint density at radius 3 is 2.00 bits per heavy atom. The van der Waals surface area contributed by atoms with Gasteiger partial charge in [0.1, 0.15) is 12.6 Å². The molecule has 3 aromatic rings. The molecule has 0 spiro atoms. The van der Waals surface area contributed by atoms with E-state index in [0.29, 0.717) is 16.3 Å². The Morgan fingerprint density at radius 1 is 0.872 bits per heavy atom. The largest absolute Gasteiger partial charge is 0.352 e. The topological polar surface area (TPSA) is 86.8 Å². The third-order valence-electron chi connectivity index (χ3n) is 10.5. The van der Waals surface area contributed by atoms with Crippen molar-refractivity contribution in [2.75, 3.05) is 17.1 Å². The predicted octanol–water partition coefficient (Wildman–Crippen LogP) is 6.74. The van der Waals surface area contributed by atoms with Crippen molar-refractivity contribution >= 4 is 39.1 Å². The summed E-state index contributed by atoms with van der Waals surface area (Å²) in [6, 6.07) is 23.6. The number of carbonyl (C=O) groups excluding carboxylic acids is 2. The molecule has 4 bridgehead atoms. The molecule has 1 atom stereocenters. The molecule has 0 unspecified atom stereocenters. The van der Waals surface area contributed by atoms with Gasteiger partial charge in [-0.15, -0.1) is 0 Å². The van der Waals surface area contributed by atoms with Crippen molar-refractivity contribution in [3.05, 3.63) is 101 Å². The Labute approximate surface area is 284 Å². The highest BCUT2D eigenvalue weighted by Crippen LogP contribution is 2.60. The number of nitrogens with zero attached hydrogens (tertiary/aromatic N) is 2. The number of carbonyl (C=O) groups is 2. The van der Waals surface area contributed by atoms with Gasteiger partial charge in [0.15, 0.2) is 0 Å². The van der Waals surface area contributed by atoms with Gasteiger partial charge in [-0.1, -0.05) is 72.3 Å². The van der Waals surface area contributed by atoms with Crippen LogP contribution in [-0.2, 0) is 38.0 Å². The average Bonchev–Trinajstić information content (AvgIpc) is 3.01. The minimum absolute atomic E-state index is 0.0457. The lowest BCUT2D eigenvalue weighted by atomic mass is 9.48. The third kappa shape index (κ3) is 7.54. The number of nitrogens with one attached hydrogen (secondary N) is 1. The second kappa shape index (κ2) is 13.6. The van der Waals surface area contributed by atoms with Crippen LogP contribution in [0.5, 0.6) is 0 Å². The van der Waals surface area contributed by atoms with E-state index in [2.05, 4.69) is 17.4 Å². The molecule has 4 fully saturated rings. The monoisotopic (exact) mass is 675 g/mol. The summed E-state index contributed by atoms with van der Waals surface area (Å²) in [5.41, 5.74) is 3.46. The van der Waals surface area contributed by atoms with E-state index >= 15 is 0 Å². The van der Waals surface area contributed by atoms with Gasteiger partial charge in [-0.3, -0.25) is 13.9 Å². The normalized spacial score (nSPS) is 23.8. The van der Waals surface area contributed by atoms with Crippen molar-refractivity contribution in [1.29, 1.82) is 0 Å². The molecule has 7 rings (SSSR count). The highest BCUT2D eigenvalue weighted by Gasteiger charge is 2.51. The van der Waals surface area contributed by atoms with Gasteiger partial charge >= 0.3 is 0 Å². The highest BCUT2D eigenvalue weighted by molar-refractivity contribution is 7.92. The van der Waals surface area contributed by atoms with Crippen LogP contribution in [-0.4, -0.2) is 50.0 Å². The van der Waals surface area contributed by atoms with Crippen molar-refractivity contribution in [3.63, 3.8) is 0 Å². The number of anilines is 1. The first-order chi connectivity index (χ1) is 22.4. The van der Waals surface area contributed by atoms with Crippen molar-refractivity contribution < 1.29 is 18.0 Å². The van der Waals surface area contributed by atoms with Crippen LogP contribution in [0.3, 0.4) is 0 Å². The van der Waals surface area contributed by atoms with Crippen LogP contribution in [0.2, 0.25) is 5.02 Å². The molecular formula is C38H46ClN3O4S. The number of hydrogen-bond donors (Lipinski definition) is 1. The van der Waals surface area contributed by atoms with Gasteiger partial charge in [0.05, 0.1) is 11.9 Å². The molecule has 47 heavy (non-hydrogen) atoms. The van der Waals surface area contributed by atoms with E-state index < -0.39 is 28.5 Å². The SMILES string of the molecule is CC(C)NC(=O)[C@@H](Cc1ccccc1)N(Cc1ccccc1Cl)C(=O)CN(c1ccc(C23CC4CC(CC(C4)C2)C3)cc1)S(C)(=O)=O. The van der Waals surface area contributed by atoms with Crippen molar-refractivity contribution in [2.24, 2.45) is 17.8 Å². The second-order valence-electron chi connectivity index (χ2n) is 14.5. The van der Waals surface area contributed by atoms with E-state index in [1.165, 1.54) is 53.3 Å². The highest BCUT2D eigenvalue weighted by atomic mass is 35.5. The van der Waals surface area contributed by atoms with E-state index in [4.69, 9.17) is 11.6 Å². The van der Waals surface area contributed by atoms with E-state index in [-0.39, 0.29) is 30.3 Å². The van der Waals surface area contributed by atoms with E-state index in [1.54, 1.807) is 6.07 Å². The fraction of sp³-hybridized carbons (Fsp3) is 0.474. The molecule has 2 amide bonds. The number of amides is 2. The Morgan fingerprint density at radius 2 is 1.45 bits per heavy atom. The minimum Gasteiger partial charge on any atom is -0.352 e. The summed E-state index contributed by atoms with van der Waals surface area (Å²) in [5.74, 6) is 1.60. The molecule has 0 heterocycles. The van der Waals surface area contributed by atoms with Gasteiger partial charge < -0.3 is 10.2 Å². The fourth-order valence-corrected chi connectivity index (χ4v) is 9.85. The van der Waals surface area contributed by atoms with Crippen molar-refractivity contribution in [3.8, 4) is 0 Å². The Bertz CT molecular complexity index is 1660. The third-order valence-corrected chi connectivity index (χ3v) is 12.0. The number of rotatable bonds is 12. The summed E-state index contributed by atoms with van der Waals surface area (Å²) in [6.45, 7) is 3.34. The summed E-state index contributed by atoms with van der Waals surface area (Å²) >= 11 is 6.56.